The highest BCUT2D eigenvalue weighted by Crippen LogP contribution is 2.48. The number of carbonyl (C=O) groups is 1. The van der Waals surface area contributed by atoms with Crippen LogP contribution in [0.2, 0.25) is 0 Å². The number of nitrogens with one attached hydrogen (secondary N) is 1. The number of amides is 1. The van der Waals surface area contributed by atoms with Gasteiger partial charge in [-0.2, -0.15) is 0 Å². The Bertz CT molecular complexity index is 276. The molecule has 110 valence electrons. The number of hydrogen-bond acceptors (Lipinski definition) is 1. The van der Waals surface area contributed by atoms with E-state index < -0.39 is 0 Å². The van der Waals surface area contributed by atoms with Crippen molar-refractivity contribution in [2.45, 2.75) is 77.6 Å². The van der Waals surface area contributed by atoms with Crippen LogP contribution in [0, 0.1) is 17.8 Å². The first-order valence-electron chi connectivity index (χ1n) is 8.59. The molecular formula is C17H31NO. The van der Waals surface area contributed by atoms with Gasteiger partial charge in [0.15, 0.2) is 0 Å². The number of hydrogen-bond donors (Lipinski definition) is 1. The lowest BCUT2D eigenvalue weighted by Crippen LogP contribution is -2.34. The topological polar surface area (TPSA) is 29.1 Å². The molecule has 0 heterocycles. The first kappa shape index (κ1) is 14.9. The zero-order valence-corrected chi connectivity index (χ0v) is 12.6. The van der Waals surface area contributed by atoms with Crippen molar-refractivity contribution in [1.29, 1.82) is 0 Å². The lowest BCUT2D eigenvalue weighted by molar-refractivity contribution is -0.126. The third kappa shape index (κ3) is 4.50. The highest BCUT2D eigenvalue weighted by molar-refractivity contribution is 5.79. The number of unbranched alkanes of at least 4 members (excludes halogenated alkanes) is 6. The van der Waals surface area contributed by atoms with Gasteiger partial charge in [-0.25, -0.2) is 0 Å². The van der Waals surface area contributed by atoms with Crippen LogP contribution in [0.1, 0.15) is 77.6 Å². The summed E-state index contributed by atoms with van der Waals surface area (Å²) in [5.41, 5.74) is 0. The smallest absolute Gasteiger partial charge is 0.223 e. The second-order valence-electron chi connectivity index (χ2n) is 6.69. The summed E-state index contributed by atoms with van der Waals surface area (Å²) in [5, 5.41) is 3.17. The first-order valence-corrected chi connectivity index (χ1v) is 8.59. The average molecular weight is 265 g/mol. The summed E-state index contributed by atoms with van der Waals surface area (Å²) >= 11 is 0. The van der Waals surface area contributed by atoms with Crippen LogP contribution in [0.15, 0.2) is 0 Å². The van der Waals surface area contributed by atoms with Crippen LogP contribution in [-0.4, -0.2) is 12.5 Å². The van der Waals surface area contributed by atoms with Crippen molar-refractivity contribution in [1.82, 2.24) is 5.32 Å². The Morgan fingerprint density at radius 3 is 2.37 bits per heavy atom. The summed E-state index contributed by atoms with van der Waals surface area (Å²) in [4.78, 5) is 12.1. The Morgan fingerprint density at radius 2 is 1.74 bits per heavy atom. The van der Waals surface area contributed by atoms with Crippen molar-refractivity contribution in [3.05, 3.63) is 0 Å². The van der Waals surface area contributed by atoms with Crippen LogP contribution in [0.4, 0.5) is 0 Å². The van der Waals surface area contributed by atoms with Crippen molar-refractivity contribution in [3.8, 4) is 0 Å². The van der Waals surface area contributed by atoms with E-state index in [2.05, 4.69) is 12.2 Å². The van der Waals surface area contributed by atoms with Gasteiger partial charge in [0.1, 0.15) is 0 Å². The molecular weight excluding hydrogens is 234 g/mol. The van der Waals surface area contributed by atoms with Gasteiger partial charge >= 0.3 is 0 Å². The third-order valence-electron chi connectivity index (χ3n) is 5.15. The van der Waals surface area contributed by atoms with Crippen LogP contribution in [0.5, 0.6) is 0 Å². The number of fused-ring (bicyclic) bond motifs is 2. The van der Waals surface area contributed by atoms with Gasteiger partial charge < -0.3 is 5.32 Å². The average Bonchev–Trinajstić information content (AvgIpc) is 3.04. The van der Waals surface area contributed by atoms with Gasteiger partial charge in [0.05, 0.1) is 0 Å². The molecule has 3 unspecified atom stereocenters. The number of carbonyl (C=O) groups excluding carboxylic acids is 1. The molecule has 1 N–H and O–H groups in total. The molecule has 2 aliphatic carbocycles. The predicted octanol–water partition coefficient (Wildman–Crippen LogP) is 4.29. The third-order valence-corrected chi connectivity index (χ3v) is 5.15. The second-order valence-corrected chi connectivity index (χ2v) is 6.69. The standard InChI is InChI=1S/C17H31NO/c1-2-3-4-5-6-7-8-11-18-17(19)16-13-14-9-10-15(16)12-14/h14-16H,2-13H2,1H3,(H,18,19). The summed E-state index contributed by atoms with van der Waals surface area (Å²) in [5.74, 6) is 2.32. The highest BCUT2D eigenvalue weighted by Gasteiger charge is 2.42. The van der Waals surface area contributed by atoms with E-state index >= 15 is 0 Å². The quantitative estimate of drug-likeness (QED) is 0.619. The van der Waals surface area contributed by atoms with Crippen LogP contribution < -0.4 is 5.32 Å². The minimum atomic E-state index is 0.359. The zero-order valence-electron chi connectivity index (χ0n) is 12.6. The fraction of sp³-hybridized carbons (Fsp3) is 0.941. The fourth-order valence-corrected chi connectivity index (χ4v) is 3.99. The maximum atomic E-state index is 12.1. The molecule has 0 aliphatic heterocycles. The Labute approximate surface area is 118 Å². The van der Waals surface area contributed by atoms with E-state index in [1.807, 2.05) is 0 Å². The van der Waals surface area contributed by atoms with Gasteiger partial charge in [-0.1, -0.05) is 51.9 Å². The van der Waals surface area contributed by atoms with Crippen molar-refractivity contribution in [3.63, 3.8) is 0 Å². The zero-order chi connectivity index (χ0) is 13.5. The molecule has 3 atom stereocenters. The summed E-state index contributed by atoms with van der Waals surface area (Å²) < 4.78 is 0. The minimum absolute atomic E-state index is 0.359. The van der Waals surface area contributed by atoms with Crippen molar-refractivity contribution in [2.24, 2.45) is 17.8 Å². The van der Waals surface area contributed by atoms with E-state index in [0.717, 1.165) is 18.4 Å². The molecule has 0 saturated heterocycles. The summed E-state index contributed by atoms with van der Waals surface area (Å²) in [6, 6.07) is 0. The molecule has 2 saturated carbocycles. The molecule has 2 aliphatic rings. The number of rotatable bonds is 9. The Morgan fingerprint density at radius 1 is 1.00 bits per heavy atom. The van der Waals surface area contributed by atoms with Gasteiger partial charge in [-0.3, -0.25) is 4.79 Å². The van der Waals surface area contributed by atoms with Gasteiger partial charge in [0.2, 0.25) is 5.91 Å². The molecule has 0 spiro atoms. The van der Waals surface area contributed by atoms with Gasteiger partial charge in [-0.15, -0.1) is 0 Å². The molecule has 2 bridgehead atoms. The molecule has 2 rings (SSSR count). The van der Waals surface area contributed by atoms with Crippen LogP contribution in [0.25, 0.3) is 0 Å². The highest BCUT2D eigenvalue weighted by atomic mass is 16.1. The van der Waals surface area contributed by atoms with E-state index in [-0.39, 0.29) is 0 Å². The molecule has 1 amide bonds. The van der Waals surface area contributed by atoms with E-state index in [4.69, 9.17) is 0 Å². The van der Waals surface area contributed by atoms with Crippen LogP contribution >= 0.6 is 0 Å². The molecule has 2 heteroatoms. The van der Waals surface area contributed by atoms with Crippen LogP contribution in [-0.2, 0) is 4.79 Å². The molecule has 0 aromatic rings. The Hall–Kier alpha value is -0.530. The maximum Gasteiger partial charge on any atom is 0.223 e. The normalized spacial score (nSPS) is 28.8. The second kappa shape index (κ2) is 7.91. The van der Waals surface area contributed by atoms with E-state index in [1.165, 1.54) is 70.6 Å². The van der Waals surface area contributed by atoms with Gasteiger partial charge in [0, 0.05) is 12.5 Å². The lowest BCUT2D eigenvalue weighted by atomic mass is 9.88. The molecule has 2 fully saturated rings. The SMILES string of the molecule is CCCCCCCCCNC(=O)C1CC2CCC1C2. The Kier molecular flexibility index (Phi) is 6.19. The van der Waals surface area contributed by atoms with Gasteiger partial charge in [0.25, 0.3) is 0 Å². The summed E-state index contributed by atoms with van der Waals surface area (Å²) in [6.07, 6.45) is 14.4. The lowest BCUT2D eigenvalue weighted by Gasteiger charge is -2.20. The maximum absolute atomic E-state index is 12.1. The Balaban J connectivity index is 1.46. The minimum Gasteiger partial charge on any atom is -0.356 e. The summed E-state index contributed by atoms with van der Waals surface area (Å²) in [7, 11) is 0. The first-order chi connectivity index (χ1) is 9.31. The van der Waals surface area contributed by atoms with E-state index in [9.17, 15) is 4.79 Å². The van der Waals surface area contributed by atoms with Crippen molar-refractivity contribution < 1.29 is 4.79 Å². The van der Waals surface area contributed by atoms with Crippen molar-refractivity contribution in [2.75, 3.05) is 6.54 Å². The molecule has 0 aromatic heterocycles. The van der Waals surface area contributed by atoms with Crippen molar-refractivity contribution >= 4 is 5.91 Å². The van der Waals surface area contributed by atoms with E-state index in [1.54, 1.807) is 0 Å². The summed E-state index contributed by atoms with van der Waals surface area (Å²) in [6.45, 7) is 3.16. The fourth-order valence-electron chi connectivity index (χ4n) is 3.99. The predicted molar refractivity (Wildman–Crippen MR) is 79.9 cm³/mol. The van der Waals surface area contributed by atoms with Gasteiger partial charge in [-0.05, 0) is 37.5 Å². The molecule has 19 heavy (non-hydrogen) atoms. The van der Waals surface area contributed by atoms with Crippen LogP contribution in [0.3, 0.4) is 0 Å². The molecule has 2 nitrogen and oxygen atoms in total. The molecule has 0 radical (unpaired) electrons. The molecule has 0 aromatic carbocycles. The monoisotopic (exact) mass is 265 g/mol. The largest absolute Gasteiger partial charge is 0.356 e. The van der Waals surface area contributed by atoms with E-state index in [0.29, 0.717) is 11.8 Å².